The maximum Gasteiger partial charge on any atom is 0.254 e. The fourth-order valence-corrected chi connectivity index (χ4v) is 4.53. The van der Waals surface area contributed by atoms with Gasteiger partial charge < -0.3 is 10.2 Å². The number of hydrogen-bond acceptors (Lipinski definition) is 2. The number of benzene rings is 3. The van der Waals surface area contributed by atoms with E-state index in [1.54, 1.807) is 35.2 Å². The summed E-state index contributed by atoms with van der Waals surface area (Å²) >= 11 is 0. The van der Waals surface area contributed by atoms with Crippen molar-refractivity contribution in [2.24, 2.45) is 0 Å². The minimum Gasteiger partial charge on any atom is -0.330 e. The van der Waals surface area contributed by atoms with E-state index in [0.29, 0.717) is 17.7 Å². The summed E-state index contributed by atoms with van der Waals surface area (Å²) in [5, 5.41) is 2.75. The van der Waals surface area contributed by atoms with Crippen molar-refractivity contribution in [3.63, 3.8) is 0 Å². The van der Waals surface area contributed by atoms with Gasteiger partial charge in [0.2, 0.25) is 5.91 Å². The molecule has 0 spiro atoms. The first kappa shape index (κ1) is 17.6. The molecule has 0 unspecified atom stereocenters. The van der Waals surface area contributed by atoms with Gasteiger partial charge in [-0.2, -0.15) is 0 Å². The van der Waals surface area contributed by atoms with Gasteiger partial charge in [-0.25, -0.2) is 4.39 Å². The monoisotopic (exact) mass is 386 g/mol. The minimum absolute atomic E-state index is 0.0601. The van der Waals surface area contributed by atoms with Crippen LogP contribution in [-0.4, -0.2) is 23.3 Å². The summed E-state index contributed by atoms with van der Waals surface area (Å²) in [6.45, 7) is 0.554. The molecule has 2 amide bonds. The number of hydrogen-bond donors (Lipinski definition) is 1. The molecule has 5 rings (SSSR count). The zero-order valence-electron chi connectivity index (χ0n) is 15.6. The lowest BCUT2D eigenvalue weighted by atomic mass is 9.76. The largest absolute Gasteiger partial charge is 0.330 e. The molecular formula is C24H19FN2O2. The van der Waals surface area contributed by atoms with Gasteiger partial charge in [-0.15, -0.1) is 0 Å². The first-order valence-electron chi connectivity index (χ1n) is 9.68. The summed E-state index contributed by atoms with van der Waals surface area (Å²) < 4.78 is 14.2. The van der Waals surface area contributed by atoms with Gasteiger partial charge in [0.15, 0.2) is 0 Å². The third kappa shape index (κ3) is 2.81. The molecule has 0 radical (unpaired) electrons. The lowest BCUT2D eigenvalue weighted by Crippen LogP contribution is -2.49. The van der Waals surface area contributed by atoms with E-state index in [-0.39, 0.29) is 17.5 Å². The number of para-hydroxylation sites is 1. The third-order valence-electron chi connectivity index (χ3n) is 5.85. The Hall–Kier alpha value is -3.47. The van der Waals surface area contributed by atoms with Crippen molar-refractivity contribution in [2.45, 2.75) is 18.4 Å². The Bertz CT molecular complexity index is 1130. The summed E-state index contributed by atoms with van der Waals surface area (Å²) in [4.78, 5) is 28.4. The number of nitrogens with one attached hydrogen (secondary N) is 1. The second kappa shape index (κ2) is 6.85. The van der Waals surface area contributed by atoms with Gasteiger partial charge in [-0.05, 0) is 41.3 Å². The van der Waals surface area contributed by atoms with Crippen LogP contribution in [0.5, 0.6) is 0 Å². The highest BCUT2D eigenvalue weighted by Crippen LogP contribution is 2.46. The summed E-state index contributed by atoms with van der Waals surface area (Å²) in [5.41, 5.74) is 3.49. The number of fused-ring (bicyclic) bond motifs is 4. The van der Waals surface area contributed by atoms with E-state index in [0.717, 1.165) is 17.5 Å². The number of amides is 2. The van der Waals surface area contributed by atoms with Crippen LogP contribution in [0.1, 0.15) is 39.0 Å². The number of anilines is 1. The van der Waals surface area contributed by atoms with Crippen molar-refractivity contribution in [1.29, 1.82) is 0 Å². The molecule has 2 aliphatic heterocycles. The normalized spacial score (nSPS) is 19.8. The molecule has 0 bridgehead atoms. The van der Waals surface area contributed by atoms with Gasteiger partial charge >= 0.3 is 0 Å². The van der Waals surface area contributed by atoms with Crippen LogP contribution in [-0.2, 0) is 11.2 Å². The van der Waals surface area contributed by atoms with Crippen molar-refractivity contribution in [2.75, 3.05) is 11.9 Å². The van der Waals surface area contributed by atoms with Crippen LogP contribution < -0.4 is 5.32 Å². The molecule has 2 atom stereocenters. The van der Waals surface area contributed by atoms with E-state index in [9.17, 15) is 14.0 Å². The second-order valence-electron chi connectivity index (χ2n) is 7.43. The summed E-state index contributed by atoms with van der Waals surface area (Å²) in [5.74, 6) is -1.48. The molecule has 144 valence electrons. The summed E-state index contributed by atoms with van der Waals surface area (Å²) in [6, 6.07) is 20.9. The molecule has 3 aromatic carbocycles. The SMILES string of the molecule is O=C(Nc1ccccc1F)[C@@H]1c2ccccc2C(=O)N2CCc3ccccc3[C@@H]12. The topological polar surface area (TPSA) is 49.4 Å². The molecule has 2 heterocycles. The number of halogens is 1. The Morgan fingerprint density at radius 3 is 2.45 bits per heavy atom. The first-order valence-corrected chi connectivity index (χ1v) is 9.68. The molecular weight excluding hydrogens is 367 g/mol. The maximum atomic E-state index is 14.2. The Labute approximate surface area is 168 Å². The van der Waals surface area contributed by atoms with E-state index in [1.165, 1.54) is 6.07 Å². The molecule has 4 nitrogen and oxygen atoms in total. The van der Waals surface area contributed by atoms with Gasteiger partial charge in [0.05, 0.1) is 17.6 Å². The Morgan fingerprint density at radius 2 is 1.62 bits per heavy atom. The van der Waals surface area contributed by atoms with Crippen molar-refractivity contribution >= 4 is 17.5 Å². The molecule has 1 N–H and O–H groups in total. The lowest BCUT2D eigenvalue weighted by Gasteiger charge is -2.45. The minimum atomic E-state index is -0.620. The lowest BCUT2D eigenvalue weighted by molar-refractivity contribution is -0.119. The van der Waals surface area contributed by atoms with Crippen LogP contribution in [0.2, 0.25) is 0 Å². The van der Waals surface area contributed by atoms with E-state index >= 15 is 0 Å². The molecule has 0 aromatic heterocycles. The average Bonchev–Trinajstić information content (AvgIpc) is 2.75. The highest BCUT2D eigenvalue weighted by atomic mass is 19.1. The molecule has 2 aliphatic rings. The molecule has 0 aliphatic carbocycles. The van der Waals surface area contributed by atoms with Crippen LogP contribution in [0.4, 0.5) is 10.1 Å². The second-order valence-corrected chi connectivity index (χ2v) is 7.43. The fourth-order valence-electron chi connectivity index (χ4n) is 4.53. The van der Waals surface area contributed by atoms with Crippen LogP contribution in [0.3, 0.4) is 0 Å². The average molecular weight is 386 g/mol. The zero-order valence-corrected chi connectivity index (χ0v) is 15.6. The van der Waals surface area contributed by atoms with Crippen molar-refractivity contribution in [1.82, 2.24) is 4.90 Å². The van der Waals surface area contributed by atoms with E-state index in [4.69, 9.17) is 0 Å². The Morgan fingerprint density at radius 1 is 0.931 bits per heavy atom. The highest BCUT2D eigenvalue weighted by Gasteiger charge is 2.46. The smallest absolute Gasteiger partial charge is 0.254 e. The number of rotatable bonds is 2. The number of carbonyl (C=O) groups excluding carboxylic acids is 2. The molecule has 29 heavy (non-hydrogen) atoms. The molecule has 0 saturated carbocycles. The summed E-state index contributed by atoms with van der Waals surface area (Å²) in [7, 11) is 0. The van der Waals surface area contributed by atoms with Crippen molar-refractivity contribution in [3.8, 4) is 0 Å². The fraction of sp³-hybridized carbons (Fsp3) is 0.167. The predicted molar refractivity (Wildman–Crippen MR) is 108 cm³/mol. The van der Waals surface area contributed by atoms with E-state index in [2.05, 4.69) is 5.32 Å². The van der Waals surface area contributed by atoms with Crippen LogP contribution >= 0.6 is 0 Å². The number of nitrogens with zero attached hydrogens (tertiary/aromatic N) is 1. The van der Waals surface area contributed by atoms with Crippen LogP contribution in [0, 0.1) is 5.82 Å². The molecule has 3 aromatic rings. The van der Waals surface area contributed by atoms with Crippen LogP contribution in [0.15, 0.2) is 72.8 Å². The van der Waals surface area contributed by atoms with Crippen molar-refractivity contribution < 1.29 is 14.0 Å². The first-order chi connectivity index (χ1) is 14.1. The van der Waals surface area contributed by atoms with Gasteiger partial charge in [0, 0.05) is 12.1 Å². The van der Waals surface area contributed by atoms with Gasteiger partial charge in [0.25, 0.3) is 5.91 Å². The van der Waals surface area contributed by atoms with E-state index < -0.39 is 17.8 Å². The Balaban J connectivity index is 1.64. The Kier molecular flexibility index (Phi) is 4.16. The molecule has 0 saturated heterocycles. The third-order valence-corrected chi connectivity index (χ3v) is 5.85. The highest BCUT2D eigenvalue weighted by molar-refractivity contribution is 6.04. The van der Waals surface area contributed by atoms with Crippen molar-refractivity contribution in [3.05, 3.63) is 101 Å². The van der Waals surface area contributed by atoms with Gasteiger partial charge in [-0.3, -0.25) is 9.59 Å². The molecule has 5 heteroatoms. The summed E-state index contributed by atoms with van der Waals surface area (Å²) in [6.07, 6.45) is 0.752. The van der Waals surface area contributed by atoms with Gasteiger partial charge in [-0.1, -0.05) is 54.6 Å². The zero-order chi connectivity index (χ0) is 20.0. The predicted octanol–water partition coefficient (Wildman–Crippen LogP) is 4.30. The van der Waals surface area contributed by atoms with Crippen LogP contribution in [0.25, 0.3) is 0 Å². The quantitative estimate of drug-likeness (QED) is 0.714. The maximum absolute atomic E-state index is 14.2. The molecule has 0 fully saturated rings. The number of carbonyl (C=O) groups is 2. The van der Waals surface area contributed by atoms with E-state index in [1.807, 2.05) is 36.4 Å². The standard InChI is InChI=1S/C24H19FN2O2/c25-19-11-5-6-12-20(19)26-23(28)21-17-9-3-4-10-18(17)24(29)27-14-13-15-7-1-2-8-16(15)22(21)27/h1-12,21-22H,13-14H2,(H,26,28)/t21-,22+/m1/s1. The van der Waals surface area contributed by atoms with Gasteiger partial charge in [0.1, 0.15) is 5.82 Å².